The number of carbonyl (C=O) groups is 1. The van der Waals surface area contributed by atoms with Gasteiger partial charge in [0.1, 0.15) is 6.10 Å². The van der Waals surface area contributed by atoms with Crippen LogP contribution in [0.15, 0.2) is 0 Å². The molecular formula is C9H14O4. The highest BCUT2D eigenvalue weighted by Gasteiger charge is 2.53. The monoisotopic (exact) mass is 186 g/mol. The Labute approximate surface area is 76.5 Å². The molecule has 0 unspecified atom stereocenters. The van der Waals surface area contributed by atoms with Gasteiger partial charge >= 0.3 is 5.97 Å². The molecule has 74 valence electrons. The van der Waals surface area contributed by atoms with Crippen LogP contribution in [0.5, 0.6) is 0 Å². The molecule has 0 aromatic heterocycles. The van der Waals surface area contributed by atoms with Gasteiger partial charge in [0.2, 0.25) is 0 Å². The van der Waals surface area contributed by atoms with Crippen molar-refractivity contribution in [3.63, 3.8) is 0 Å². The first kappa shape index (κ1) is 8.97. The average Bonchev–Trinajstić information content (AvgIpc) is 2.53. The van der Waals surface area contributed by atoms with Crippen molar-refractivity contribution in [3.05, 3.63) is 0 Å². The van der Waals surface area contributed by atoms with E-state index in [1.54, 1.807) is 0 Å². The maximum Gasteiger partial charge on any atom is 0.302 e. The Bertz CT molecular complexity index is 226. The van der Waals surface area contributed by atoms with Crippen LogP contribution in [-0.4, -0.2) is 34.5 Å². The zero-order valence-electron chi connectivity index (χ0n) is 7.51. The Kier molecular flexibility index (Phi) is 2.04. The molecule has 13 heavy (non-hydrogen) atoms. The molecule has 2 N–H and O–H groups in total. The van der Waals surface area contributed by atoms with Crippen LogP contribution in [0.4, 0.5) is 0 Å². The van der Waals surface area contributed by atoms with Crippen LogP contribution in [0.25, 0.3) is 0 Å². The summed E-state index contributed by atoms with van der Waals surface area (Å²) in [6.45, 7) is 1.37. The van der Waals surface area contributed by atoms with Crippen molar-refractivity contribution in [1.82, 2.24) is 0 Å². The fourth-order valence-corrected chi connectivity index (χ4v) is 2.59. The predicted molar refractivity (Wildman–Crippen MR) is 43.8 cm³/mol. The average molecular weight is 186 g/mol. The maximum absolute atomic E-state index is 10.7. The SMILES string of the molecule is CC(=O)O[C@@H]1C[C@H]2C[C@@H]1[C@@H](O)[C@@H]2O. The van der Waals surface area contributed by atoms with Gasteiger partial charge in [-0.3, -0.25) is 4.79 Å². The van der Waals surface area contributed by atoms with Gasteiger partial charge in [-0.1, -0.05) is 0 Å². The molecule has 0 aromatic carbocycles. The second-order valence-corrected chi connectivity index (χ2v) is 4.02. The highest BCUT2D eigenvalue weighted by Crippen LogP contribution is 2.46. The standard InChI is InChI=1S/C9H14O4/c1-4(10)13-7-3-5-2-6(7)9(12)8(5)11/h5-9,11-12H,2-3H2,1H3/t5-,6+,7-,8-,9-/m1/s1. The molecule has 0 saturated heterocycles. The van der Waals surface area contributed by atoms with Crippen LogP contribution < -0.4 is 0 Å². The highest BCUT2D eigenvalue weighted by molar-refractivity contribution is 5.66. The van der Waals surface area contributed by atoms with Gasteiger partial charge in [0.15, 0.2) is 0 Å². The van der Waals surface area contributed by atoms with Crippen molar-refractivity contribution in [3.8, 4) is 0 Å². The smallest absolute Gasteiger partial charge is 0.302 e. The zero-order chi connectivity index (χ0) is 9.59. The van der Waals surface area contributed by atoms with Crippen LogP contribution in [0, 0.1) is 11.8 Å². The van der Waals surface area contributed by atoms with Crippen molar-refractivity contribution in [1.29, 1.82) is 0 Å². The fraction of sp³-hybridized carbons (Fsp3) is 0.889. The Morgan fingerprint density at radius 2 is 2.00 bits per heavy atom. The van der Waals surface area contributed by atoms with Gasteiger partial charge in [-0.25, -0.2) is 0 Å². The van der Waals surface area contributed by atoms with Gasteiger partial charge in [0.05, 0.1) is 12.2 Å². The van der Waals surface area contributed by atoms with Crippen LogP contribution in [0.3, 0.4) is 0 Å². The molecule has 5 atom stereocenters. The molecular weight excluding hydrogens is 172 g/mol. The van der Waals surface area contributed by atoms with E-state index in [2.05, 4.69) is 0 Å². The summed E-state index contributed by atoms with van der Waals surface area (Å²) in [4.78, 5) is 10.7. The van der Waals surface area contributed by atoms with Crippen molar-refractivity contribution >= 4 is 5.97 Å². The Balaban J connectivity index is 2.02. The van der Waals surface area contributed by atoms with E-state index in [1.165, 1.54) is 6.92 Å². The van der Waals surface area contributed by atoms with Crippen molar-refractivity contribution < 1.29 is 19.7 Å². The number of hydrogen-bond donors (Lipinski definition) is 2. The summed E-state index contributed by atoms with van der Waals surface area (Å²) in [7, 11) is 0. The van der Waals surface area contributed by atoms with E-state index in [0.717, 1.165) is 6.42 Å². The van der Waals surface area contributed by atoms with Gasteiger partial charge in [-0.15, -0.1) is 0 Å². The summed E-state index contributed by atoms with van der Waals surface area (Å²) >= 11 is 0. The number of esters is 1. The summed E-state index contributed by atoms with van der Waals surface area (Å²) in [6.07, 6.45) is -0.0243. The fourth-order valence-electron chi connectivity index (χ4n) is 2.59. The van der Waals surface area contributed by atoms with E-state index in [1.807, 2.05) is 0 Å². The van der Waals surface area contributed by atoms with Gasteiger partial charge < -0.3 is 14.9 Å². The van der Waals surface area contributed by atoms with E-state index >= 15 is 0 Å². The zero-order valence-corrected chi connectivity index (χ0v) is 7.51. The second-order valence-electron chi connectivity index (χ2n) is 4.02. The third-order valence-electron chi connectivity index (χ3n) is 3.18. The minimum absolute atomic E-state index is 0.0519. The first-order chi connectivity index (χ1) is 6.09. The third kappa shape index (κ3) is 1.34. The lowest BCUT2D eigenvalue weighted by atomic mass is 9.92. The number of hydrogen-bond acceptors (Lipinski definition) is 4. The molecule has 2 aliphatic rings. The normalized spacial score (nSPS) is 48.1. The Hall–Kier alpha value is -0.610. The van der Waals surface area contributed by atoms with Gasteiger partial charge in [0.25, 0.3) is 0 Å². The molecule has 0 amide bonds. The number of carbonyl (C=O) groups excluding carboxylic acids is 1. The van der Waals surface area contributed by atoms with E-state index in [-0.39, 0.29) is 23.9 Å². The number of aliphatic hydroxyl groups excluding tert-OH is 2. The first-order valence-corrected chi connectivity index (χ1v) is 4.63. The van der Waals surface area contributed by atoms with Crippen LogP contribution in [0.1, 0.15) is 19.8 Å². The quantitative estimate of drug-likeness (QED) is 0.551. The number of rotatable bonds is 1. The van der Waals surface area contributed by atoms with E-state index < -0.39 is 12.2 Å². The molecule has 2 aliphatic carbocycles. The largest absolute Gasteiger partial charge is 0.462 e. The molecule has 2 saturated carbocycles. The van der Waals surface area contributed by atoms with Crippen LogP contribution in [-0.2, 0) is 9.53 Å². The minimum Gasteiger partial charge on any atom is -0.462 e. The molecule has 2 bridgehead atoms. The summed E-state index contributed by atoms with van der Waals surface area (Å²) in [6, 6.07) is 0. The van der Waals surface area contributed by atoms with Crippen molar-refractivity contribution in [2.45, 2.75) is 38.1 Å². The van der Waals surface area contributed by atoms with E-state index in [4.69, 9.17) is 4.74 Å². The second kappa shape index (κ2) is 2.96. The molecule has 0 aliphatic heterocycles. The molecule has 0 radical (unpaired) electrons. The lowest BCUT2D eigenvalue weighted by Crippen LogP contribution is -2.40. The molecule has 4 heteroatoms. The number of fused-ring (bicyclic) bond motifs is 2. The molecule has 0 aromatic rings. The molecule has 0 spiro atoms. The molecule has 4 nitrogen and oxygen atoms in total. The Morgan fingerprint density at radius 3 is 2.46 bits per heavy atom. The highest BCUT2D eigenvalue weighted by atomic mass is 16.5. The lowest BCUT2D eigenvalue weighted by Gasteiger charge is -2.28. The van der Waals surface area contributed by atoms with Gasteiger partial charge in [-0.2, -0.15) is 0 Å². The molecule has 2 rings (SSSR count). The molecule has 0 heterocycles. The lowest BCUT2D eigenvalue weighted by molar-refractivity contribution is -0.154. The van der Waals surface area contributed by atoms with E-state index in [0.29, 0.717) is 6.42 Å². The topological polar surface area (TPSA) is 66.8 Å². The first-order valence-electron chi connectivity index (χ1n) is 4.63. The van der Waals surface area contributed by atoms with Crippen LogP contribution >= 0.6 is 0 Å². The Morgan fingerprint density at radius 1 is 1.31 bits per heavy atom. The summed E-state index contributed by atoms with van der Waals surface area (Å²) in [5.74, 6) is -0.243. The number of aliphatic hydroxyl groups is 2. The van der Waals surface area contributed by atoms with E-state index in [9.17, 15) is 15.0 Å². The minimum atomic E-state index is -0.705. The predicted octanol–water partition coefficient (Wildman–Crippen LogP) is -0.320. The molecule has 2 fully saturated rings. The summed E-state index contributed by atoms with van der Waals surface area (Å²) in [5, 5.41) is 19.0. The van der Waals surface area contributed by atoms with Crippen molar-refractivity contribution in [2.75, 3.05) is 0 Å². The maximum atomic E-state index is 10.7. The van der Waals surface area contributed by atoms with Gasteiger partial charge in [0, 0.05) is 12.8 Å². The van der Waals surface area contributed by atoms with Crippen molar-refractivity contribution in [2.24, 2.45) is 11.8 Å². The summed E-state index contributed by atoms with van der Waals surface area (Å²) < 4.78 is 5.05. The summed E-state index contributed by atoms with van der Waals surface area (Å²) in [5.41, 5.74) is 0. The third-order valence-corrected chi connectivity index (χ3v) is 3.18. The number of ether oxygens (including phenoxy) is 1. The van der Waals surface area contributed by atoms with Crippen LogP contribution in [0.2, 0.25) is 0 Å². The van der Waals surface area contributed by atoms with Gasteiger partial charge in [-0.05, 0) is 18.8 Å².